The highest BCUT2D eigenvalue weighted by molar-refractivity contribution is 8.76. The quantitative estimate of drug-likeness (QED) is 0.167. The maximum Gasteiger partial charge on any atom is 0.408 e. The number of fused-ring (bicyclic) bond motifs is 5. The second kappa shape index (κ2) is 27.3. The number of carbonyl (C=O) groups is 10. The number of carbonyl (C=O) groups excluding carboxylic acids is 10. The van der Waals surface area contributed by atoms with Crippen LogP contribution in [-0.4, -0.2) is 180 Å². The zero-order valence-corrected chi connectivity index (χ0v) is 43.7. The molecule has 4 N–H and O–H groups in total. The predicted octanol–water partition coefficient (Wildman–Crippen LogP) is 1.70. The van der Waals surface area contributed by atoms with Gasteiger partial charge in [-0.05, 0) is 36.8 Å². The van der Waals surface area contributed by atoms with Crippen LogP contribution in [0.2, 0.25) is 0 Å². The molecule has 2 bridgehead atoms. The van der Waals surface area contributed by atoms with E-state index in [0.29, 0.717) is 11.1 Å². The van der Waals surface area contributed by atoms with Crippen molar-refractivity contribution in [2.24, 2.45) is 11.8 Å². The normalized spacial score (nSPS) is 25.2. The third-order valence-electron chi connectivity index (χ3n) is 11.9. The largest absolute Gasteiger partial charge is 0.461 e. The first-order chi connectivity index (χ1) is 34.0. The van der Waals surface area contributed by atoms with E-state index in [9.17, 15) is 47.9 Å². The van der Waals surface area contributed by atoms with Crippen LogP contribution in [0.1, 0.15) is 52.7 Å². The van der Waals surface area contributed by atoms with Gasteiger partial charge < -0.3 is 59.8 Å². The number of amides is 8. The summed E-state index contributed by atoms with van der Waals surface area (Å²) in [6.07, 6.45) is -2.12. The molecule has 8 atom stereocenters. The first kappa shape index (κ1) is 58.0. The Hall–Kier alpha value is -6.56. The molecule has 0 aromatic heterocycles. The summed E-state index contributed by atoms with van der Waals surface area (Å²) < 4.78 is 21.9. The number of likely N-dealkylation sites (N-methyl/N-ethyl adjacent to an activating group) is 4. The molecule has 0 spiro atoms. The van der Waals surface area contributed by atoms with E-state index in [1.807, 2.05) is 0 Å². The number of hydrogen-bond donors (Lipinski definition) is 4. The summed E-state index contributed by atoms with van der Waals surface area (Å²) in [5, 5.41) is 9.85. The third kappa shape index (κ3) is 16.0. The maximum atomic E-state index is 14.7. The van der Waals surface area contributed by atoms with Crippen molar-refractivity contribution in [2.45, 2.75) is 103 Å². The standard InChI is InChI=1S/C48H66N8O14S2/c1-27(2)37-45(63)67-23-33(51-47(65)69-21-31-17-13-11-14-18-31)39(57)49-30(6)42(60)54(8)36-26-72-71-25-35(43(61)55(37)9)53(7)41(59)29(5)50-40(58)34(52-48(66)70-22-32-19-15-12-16-20-32)24-68-46(64)38(28(3)4)56(10)44(36)62/h11-20,27-30,33-38H,21-26H2,1-10H3,(H,49,57)(H,50,58)(H,51,65)(H,52,66)/t29-,30-,33+,34+,35-,36-,37-,38-/m0/s1. The average molecular weight is 1040 g/mol. The van der Waals surface area contributed by atoms with Crippen LogP contribution in [0.3, 0.4) is 0 Å². The van der Waals surface area contributed by atoms with Crippen molar-refractivity contribution in [3.8, 4) is 0 Å². The summed E-state index contributed by atoms with van der Waals surface area (Å²) in [5.41, 5.74) is 1.28. The number of cyclic esters (lactones) is 2. The van der Waals surface area contributed by atoms with Gasteiger partial charge in [-0.1, -0.05) is 110 Å². The molecule has 4 rings (SSSR count). The summed E-state index contributed by atoms with van der Waals surface area (Å²) in [6.45, 7) is 7.37. The summed E-state index contributed by atoms with van der Waals surface area (Å²) in [4.78, 5) is 145. The topological polar surface area (TPSA) is 269 Å². The van der Waals surface area contributed by atoms with Gasteiger partial charge in [-0.2, -0.15) is 0 Å². The molecular formula is C48H66N8O14S2. The number of benzene rings is 2. The molecule has 2 aliphatic rings. The number of ether oxygens (including phenoxy) is 4. The fourth-order valence-electron chi connectivity index (χ4n) is 7.77. The Labute approximate surface area is 427 Å². The Bertz CT molecular complexity index is 2100. The smallest absolute Gasteiger partial charge is 0.408 e. The van der Waals surface area contributed by atoms with Gasteiger partial charge in [0.05, 0.1) is 0 Å². The molecule has 2 aromatic rings. The average Bonchev–Trinajstić information content (AvgIpc) is 3.34. The van der Waals surface area contributed by atoms with Crippen molar-refractivity contribution in [1.29, 1.82) is 0 Å². The summed E-state index contributed by atoms with van der Waals surface area (Å²) >= 11 is 0. The number of rotatable bonds is 8. The fraction of sp³-hybridized carbons (Fsp3) is 0.542. The predicted molar refractivity (Wildman–Crippen MR) is 265 cm³/mol. The van der Waals surface area contributed by atoms with E-state index >= 15 is 0 Å². The molecule has 2 aliphatic heterocycles. The van der Waals surface area contributed by atoms with Gasteiger partial charge in [0, 0.05) is 39.7 Å². The van der Waals surface area contributed by atoms with Crippen LogP contribution in [0.5, 0.6) is 0 Å². The van der Waals surface area contributed by atoms with E-state index < -0.39 is 133 Å². The second-order valence-electron chi connectivity index (χ2n) is 18.0. The van der Waals surface area contributed by atoms with Crippen LogP contribution >= 0.6 is 21.6 Å². The van der Waals surface area contributed by atoms with Crippen molar-refractivity contribution < 1.29 is 66.9 Å². The molecule has 2 saturated heterocycles. The highest BCUT2D eigenvalue weighted by atomic mass is 33.1. The number of alkyl carbamates (subject to hydrolysis) is 2. The monoisotopic (exact) mass is 1040 g/mol. The van der Waals surface area contributed by atoms with Crippen LogP contribution in [0.15, 0.2) is 60.7 Å². The fourth-order valence-corrected chi connectivity index (χ4v) is 10.3. The summed E-state index contributed by atoms with van der Waals surface area (Å²) in [5.74, 6) is -8.40. The van der Waals surface area contributed by atoms with Crippen LogP contribution < -0.4 is 21.3 Å². The second-order valence-corrected chi connectivity index (χ2v) is 20.6. The minimum absolute atomic E-state index is 0.146. The van der Waals surface area contributed by atoms with Crippen LogP contribution in [-0.2, 0) is 70.5 Å². The van der Waals surface area contributed by atoms with E-state index in [0.717, 1.165) is 41.2 Å². The molecule has 0 radical (unpaired) electrons. The number of esters is 2. The lowest BCUT2D eigenvalue weighted by Crippen LogP contribution is -2.60. The molecule has 0 unspecified atom stereocenters. The van der Waals surface area contributed by atoms with E-state index in [4.69, 9.17) is 18.9 Å². The zero-order chi connectivity index (χ0) is 53.4. The van der Waals surface area contributed by atoms with Gasteiger partial charge in [-0.25, -0.2) is 19.2 Å². The van der Waals surface area contributed by atoms with Crippen molar-refractivity contribution in [3.05, 3.63) is 71.8 Å². The van der Waals surface area contributed by atoms with Crippen molar-refractivity contribution in [2.75, 3.05) is 52.9 Å². The Kier molecular flexibility index (Phi) is 22.0. The van der Waals surface area contributed by atoms with Gasteiger partial charge in [0.1, 0.15) is 74.8 Å². The molecule has 394 valence electrons. The molecule has 2 fully saturated rings. The van der Waals surface area contributed by atoms with Crippen molar-refractivity contribution >= 4 is 81.2 Å². The SMILES string of the molecule is CC(C)[C@H]1C(=O)OC[C@@H](NC(=O)OCc2ccccc2)C(=O)N[C@@H](C)C(=O)N(C)[C@H]2CSSC[C@@H](C(=O)N1C)N(C)C(=O)[C@H](C)NC(=O)[C@H](NC(=O)OCc1ccccc1)COC(=O)[C@H](C(C)C)N(C)C2=O. The van der Waals surface area contributed by atoms with Gasteiger partial charge >= 0.3 is 24.1 Å². The lowest BCUT2D eigenvalue weighted by Gasteiger charge is -2.37. The lowest BCUT2D eigenvalue weighted by atomic mass is 10.0. The van der Waals surface area contributed by atoms with Crippen LogP contribution in [0.25, 0.3) is 0 Å². The molecule has 24 heteroatoms. The van der Waals surface area contributed by atoms with E-state index in [1.165, 1.54) is 42.0 Å². The maximum absolute atomic E-state index is 14.7. The Morgan fingerprint density at radius 2 is 0.903 bits per heavy atom. The van der Waals surface area contributed by atoms with Crippen LogP contribution in [0.4, 0.5) is 9.59 Å². The van der Waals surface area contributed by atoms with Gasteiger partial charge in [0.25, 0.3) is 0 Å². The van der Waals surface area contributed by atoms with Crippen molar-refractivity contribution in [1.82, 2.24) is 40.9 Å². The lowest BCUT2D eigenvalue weighted by molar-refractivity contribution is -0.160. The van der Waals surface area contributed by atoms with E-state index in [-0.39, 0.29) is 24.7 Å². The molecule has 22 nitrogen and oxygen atoms in total. The van der Waals surface area contributed by atoms with E-state index in [1.54, 1.807) is 88.4 Å². The minimum Gasteiger partial charge on any atom is -0.461 e. The Morgan fingerprint density at radius 3 is 1.22 bits per heavy atom. The molecule has 2 aromatic carbocycles. The molecule has 8 amide bonds. The molecule has 0 aliphatic carbocycles. The van der Waals surface area contributed by atoms with Gasteiger partial charge in [0.15, 0.2) is 0 Å². The first-order valence-corrected chi connectivity index (χ1v) is 25.7. The Balaban J connectivity index is 1.78. The highest BCUT2D eigenvalue weighted by Gasteiger charge is 2.42. The zero-order valence-electron chi connectivity index (χ0n) is 42.1. The van der Waals surface area contributed by atoms with Gasteiger partial charge in [0.2, 0.25) is 35.4 Å². The summed E-state index contributed by atoms with van der Waals surface area (Å²) in [6, 6.07) is 6.07. The van der Waals surface area contributed by atoms with Crippen molar-refractivity contribution in [3.63, 3.8) is 0 Å². The molecule has 2 heterocycles. The molecule has 72 heavy (non-hydrogen) atoms. The molecule has 0 saturated carbocycles. The third-order valence-corrected chi connectivity index (χ3v) is 14.3. The number of hydrogen-bond acceptors (Lipinski definition) is 16. The molecular weight excluding hydrogens is 977 g/mol. The highest BCUT2D eigenvalue weighted by Crippen LogP contribution is 2.29. The number of nitrogens with zero attached hydrogens (tertiary/aromatic N) is 4. The summed E-state index contributed by atoms with van der Waals surface area (Å²) in [7, 11) is 7.48. The minimum atomic E-state index is -1.64. The Morgan fingerprint density at radius 1 is 0.569 bits per heavy atom. The van der Waals surface area contributed by atoms with E-state index in [2.05, 4.69) is 21.3 Å². The van der Waals surface area contributed by atoms with Gasteiger partial charge in [-0.3, -0.25) is 28.8 Å². The van der Waals surface area contributed by atoms with Crippen LogP contribution in [0, 0.1) is 11.8 Å². The van der Waals surface area contributed by atoms with Gasteiger partial charge in [-0.15, -0.1) is 0 Å². The first-order valence-electron chi connectivity index (χ1n) is 23.2. The number of nitrogens with one attached hydrogen (secondary N) is 4.